The van der Waals surface area contributed by atoms with E-state index >= 15 is 0 Å². The van der Waals surface area contributed by atoms with Gasteiger partial charge in [-0.15, -0.1) is 0 Å². The Bertz CT molecular complexity index is 373. The molecule has 1 heterocycles. The van der Waals surface area contributed by atoms with Gasteiger partial charge in [-0.2, -0.15) is 0 Å². The number of halogens is 2. The van der Waals surface area contributed by atoms with Crippen LogP contribution in [0.25, 0.3) is 0 Å². The Kier molecular flexibility index (Phi) is 5.15. The summed E-state index contributed by atoms with van der Waals surface area (Å²) >= 11 is 3.46. The first kappa shape index (κ1) is 14.0. The highest BCUT2D eigenvalue weighted by Crippen LogP contribution is 2.34. The van der Waals surface area contributed by atoms with Crippen LogP contribution in [0.4, 0.5) is 4.39 Å². The van der Waals surface area contributed by atoms with E-state index in [1.807, 2.05) is 13.0 Å². The van der Waals surface area contributed by atoms with Crippen LogP contribution in [0.15, 0.2) is 22.7 Å². The van der Waals surface area contributed by atoms with Crippen LogP contribution in [-0.2, 0) is 4.74 Å². The Hall–Kier alpha value is -0.450. The van der Waals surface area contributed by atoms with E-state index in [4.69, 9.17) is 4.74 Å². The first-order chi connectivity index (χ1) is 8.74. The van der Waals surface area contributed by atoms with Crippen LogP contribution in [0.1, 0.15) is 31.4 Å². The monoisotopic (exact) mass is 315 g/mol. The van der Waals surface area contributed by atoms with Crippen molar-refractivity contribution >= 4 is 15.9 Å². The van der Waals surface area contributed by atoms with Crippen molar-refractivity contribution in [2.75, 3.05) is 19.8 Å². The number of benzene rings is 1. The predicted octanol–water partition coefficient (Wildman–Crippen LogP) is 3.67. The van der Waals surface area contributed by atoms with Crippen molar-refractivity contribution in [3.63, 3.8) is 0 Å². The van der Waals surface area contributed by atoms with E-state index in [1.54, 1.807) is 6.07 Å². The summed E-state index contributed by atoms with van der Waals surface area (Å²) in [6.07, 6.45) is 2.14. The minimum Gasteiger partial charge on any atom is -0.381 e. The van der Waals surface area contributed by atoms with Crippen LogP contribution in [0.3, 0.4) is 0 Å². The van der Waals surface area contributed by atoms with Crippen molar-refractivity contribution in [3.05, 3.63) is 34.1 Å². The predicted molar refractivity (Wildman–Crippen MR) is 74.1 cm³/mol. The highest BCUT2D eigenvalue weighted by Gasteiger charge is 2.28. The molecule has 1 aliphatic heterocycles. The minimum absolute atomic E-state index is 0.0193. The summed E-state index contributed by atoms with van der Waals surface area (Å²) in [5.41, 5.74) is 0.731. The van der Waals surface area contributed by atoms with E-state index in [2.05, 4.69) is 21.2 Å². The summed E-state index contributed by atoms with van der Waals surface area (Å²) in [6.45, 7) is 4.40. The highest BCUT2D eigenvalue weighted by atomic mass is 79.9. The van der Waals surface area contributed by atoms with E-state index in [0.29, 0.717) is 12.5 Å². The van der Waals surface area contributed by atoms with Crippen LogP contribution < -0.4 is 5.32 Å². The van der Waals surface area contributed by atoms with Gasteiger partial charge in [0.05, 0.1) is 6.61 Å². The maximum absolute atomic E-state index is 14.1. The van der Waals surface area contributed by atoms with Gasteiger partial charge in [-0.3, -0.25) is 0 Å². The molecule has 100 valence electrons. The van der Waals surface area contributed by atoms with Gasteiger partial charge in [0.15, 0.2) is 0 Å². The van der Waals surface area contributed by atoms with E-state index in [9.17, 15) is 4.39 Å². The Morgan fingerprint density at radius 1 is 1.56 bits per heavy atom. The zero-order valence-corrected chi connectivity index (χ0v) is 12.2. The normalized spacial score (nSPS) is 21.8. The lowest BCUT2D eigenvalue weighted by Crippen LogP contribution is -2.34. The zero-order valence-electron chi connectivity index (χ0n) is 10.6. The standard InChI is InChI=1S/C14H19BrFNO/c1-2-17-14(10-5-4-8-18-9-10)13-11(15)6-3-7-12(13)16/h3,6-7,10,14,17H,2,4-5,8-9H2,1H3. The van der Waals surface area contributed by atoms with Crippen LogP contribution in [0.5, 0.6) is 0 Å². The quantitative estimate of drug-likeness (QED) is 0.915. The molecular weight excluding hydrogens is 297 g/mol. The zero-order chi connectivity index (χ0) is 13.0. The van der Waals surface area contributed by atoms with Crippen molar-refractivity contribution in [2.45, 2.75) is 25.8 Å². The SMILES string of the molecule is CCNC(c1c(F)cccc1Br)C1CCCOC1. The molecule has 18 heavy (non-hydrogen) atoms. The molecular formula is C14H19BrFNO. The smallest absolute Gasteiger partial charge is 0.129 e. The fraction of sp³-hybridized carbons (Fsp3) is 0.571. The second-order valence-electron chi connectivity index (χ2n) is 4.65. The Morgan fingerprint density at radius 2 is 2.39 bits per heavy atom. The average Bonchev–Trinajstić information content (AvgIpc) is 2.38. The van der Waals surface area contributed by atoms with Crippen molar-refractivity contribution in [2.24, 2.45) is 5.92 Å². The lowest BCUT2D eigenvalue weighted by Gasteiger charge is -2.32. The molecule has 2 unspecified atom stereocenters. The summed E-state index contributed by atoms with van der Waals surface area (Å²) in [7, 11) is 0. The Balaban J connectivity index is 2.28. The first-order valence-electron chi connectivity index (χ1n) is 6.49. The molecule has 2 rings (SSSR count). The third kappa shape index (κ3) is 3.11. The molecule has 0 spiro atoms. The first-order valence-corrected chi connectivity index (χ1v) is 7.28. The van der Waals surface area contributed by atoms with Crippen LogP contribution >= 0.6 is 15.9 Å². The van der Waals surface area contributed by atoms with Crippen molar-refractivity contribution in [3.8, 4) is 0 Å². The lowest BCUT2D eigenvalue weighted by molar-refractivity contribution is 0.0386. The van der Waals surface area contributed by atoms with Gasteiger partial charge < -0.3 is 10.1 Å². The van der Waals surface area contributed by atoms with Crippen molar-refractivity contribution in [1.82, 2.24) is 5.32 Å². The molecule has 1 saturated heterocycles. The van der Waals surface area contributed by atoms with Gasteiger partial charge in [0.2, 0.25) is 0 Å². The number of rotatable bonds is 4. The minimum atomic E-state index is -0.152. The average molecular weight is 316 g/mol. The van der Waals surface area contributed by atoms with Crippen molar-refractivity contribution in [1.29, 1.82) is 0 Å². The topological polar surface area (TPSA) is 21.3 Å². The van der Waals surface area contributed by atoms with Crippen LogP contribution in [0, 0.1) is 11.7 Å². The van der Waals surface area contributed by atoms with E-state index < -0.39 is 0 Å². The Morgan fingerprint density at radius 3 is 3.00 bits per heavy atom. The summed E-state index contributed by atoms with van der Waals surface area (Å²) in [5.74, 6) is 0.188. The van der Waals surface area contributed by atoms with Gasteiger partial charge in [0.25, 0.3) is 0 Å². The fourth-order valence-corrected chi connectivity index (χ4v) is 3.15. The fourth-order valence-electron chi connectivity index (χ4n) is 2.56. The molecule has 1 aromatic carbocycles. The lowest BCUT2D eigenvalue weighted by atomic mass is 9.88. The van der Waals surface area contributed by atoms with Gasteiger partial charge in [-0.1, -0.05) is 28.9 Å². The molecule has 0 saturated carbocycles. The van der Waals surface area contributed by atoms with E-state index in [-0.39, 0.29) is 11.9 Å². The van der Waals surface area contributed by atoms with E-state index in [1.165, 1.54) is 6.07 Å². The number of ether oxygens (including phenoxy) is 1. The molecule has 4 heteroatoms. The maximum Gasteiger partial charge on any atom is 0.129 e. The van der Waals surface area contributed by atoms with Gasteiger partial charge in [0.1, 0.15) is 5.82 Å². The van der Waals surface area contributed by atoms with Crippen LogP contribution in [0.2, 0.25) is 0 Å². The summed E-state index contributed by atoms with van der Waals surface area (Å²) < 4.78 is 20.4. The third-order valence-electron chi connectivity index (χ3n) is 3.40. The molecule has 2 atom stereocenters. The number of nitrogens with one attached hydrogen (secondary N) is 1. The van der Waals surface area contributed by atoms with Crippen molar-refractivity contribution < 1.29 is 9.13 Å². The Labute approximate surface area is 116 Å². The van der Waals surface area contributed by atoms with Gasteiger partial charge >= 0.3 is 0 Å². The molecule has 1 N–H and O–H groups in total. The molecule has 1 aromatic rings. The van der Waals surface area contributed by atoms with Gasteiger partial charge in [0, 0.05) is 28.6 Å². The van der Waals surface area contributed by atoms with E-state index in [0.717, 1.165) is 36.0 Å². The summed E-state index contributed by atoms with van der Waals surface area (Å²) in [6, 6.07) is 5.16. The molecule has 2 nitrogen and oxygen atoms in total. The number of hydrogen-bond acceptors (Lipinski definition) is 2. The third-order valence-corrected chi connectivity index (χ3v) is 4.09. The summed E-state index contributed by atoms with van der Waals surface area (Å²) in [5, 5.41) is 3.40. The molecule has 1 fully saturated rings. The molecule has 0 aliphatic carbocycles. The van der Waals surface area contributed by atoms with Gasteiger partial charge in [-0.05, 0) is 31.5 Å². The molecule has 0 radical (unpaired) electrons. The molecule has 1 aliphatic rings. The highest BCUT2D eigenvalue weighted by molar-refractivity contribution is 9.10. The molecule has 0 aromatic heterocycles. The number of hydrogen-bond donors (Lipinski definition) is 1. The summed E-state index contributed by atoms with van der Waals surface area (Å²) in [4.78, 5) is 0. The molecule has 0 amide bonds. The van der Waals surface area contributed by atoms with Gasteiger partial charge in [-0.25, -0.2) is 4.39 Å². The van der Waals surface area contributed by atoms with Crippen LogP contribution in [-0.4, -0.2) is 19.8 Å². The second kappa shape index (κ2) is 6.64. The maximum atomic E-state index is 14.1. The second-order valence-corrected chi connectivity index (χ2v) is 5.50. The molecule has 0 bridgehead atoms. The largest absolute Gasteiger partial charge is 0.381 e.